The summed E-state index contributed by atoms with van der Waals surface area (Å²) >= 11 is 0. The lowest BCUT2D eigenvalue weighted by molar-refractivity contribution is -0.133. The van der Waals surface area contributed by atoms with Gasteiger partial charge >= 0.3 is 0 Å². The molecular formula is C20H31N3O2. The molecule has 25 heavy (non-hydrogen) atoms. The van der Waals surface area contributed by atoms with E-state index in [1.54, 1.807) is 0 Å². The summed E-state index contributed by atoms with van der Waals surface area (Å²) in [6, 6.07) is 9.94. The number of amides is 1. The lowest BCUT2D eigenvalue weighted by Gasteiger charge is -2.35. The average Bonchev–Trinajstić information content (AvgIpc) is 2.68. The summed E-state index contributed by atoms with van der Waals surface area (Å²) in [4.78, 5) is 16.9. The third-order valence-electron chi connectivity index (χ3n) is 5.37. The Morgan fingerprint density at radius 1 is 1.08 bits per heavy atom. The zero-order chi connectivity index (χ0) is 17.3. The molecule has 2 aliphatic heterocycles. The number of para-hydroxylation sites is 1. The number of ether oxygens (including phenoxy) is 1. The number of hydrogen-bond donors (Lipinski definition) is 1. The molecule has 1 aromatic rings. The minimum absolute atomic E-state index is 0.346. The number of piperazine rings is 1. The molecule has 5 nitrogen and oxygen atoms in total. The van der Waals surface area contributed by atoms with E-state index in [4.69, 9.17) is 4.74 Å². The minimum atomic E-state index is 0.346. The predicted molar refractivity (Wildman–Crippen MR) is 99.8 cm³/mol. The summed E-state index contributed by atoms with van der Waals surface area (Å²) in [6.07, 6.45) is 4.23. The van der Waals surface area contributed by atoms with Gasteiger partial charge in [0.05, 0.1) is 0 Å². The molecule has 2 saturated heterocycles. The fourth-order valence-electron chi connectivity index (χ4n) is 3.69. The largest absolute Gasteiger partial charge is 0.492 e. The van der Waals surface area contributed by atoms with Crippen molar-refractivity contribution in [3.63, 3.8) is 0 Å². The van der Waals surface area contributed by atoms with Gasteiger partial charge in [0.15, 0.2) is 0 Å². The van der Waals surface area contributed by atoms with E-state index in [-0.39, 0.29) is 0 Å². The smallest absolute Gasteiger partial charge is 0.222 e. The molecule has 1 N–H and O–H groups in total. The van der Waals surface area contributed by atoms with Crippen molar-refractivity contribution in [1.29, 1.82) is 0 Å². The highest BCUT2D eigenvalue weighted by atomic mass is 16.5. The Morgan fingerprint density at radius 2 is 1.80 bits per heavy atom. The first-order valence-corrected chi connectivity index (χ1v) is 9.70. The first kappa shape index (κ1) is 18.2. The second kappa shape index (κ2) is 9.78. The maximum Gasteiger partial charge on any atom is 0.222 e. The topological polar surface area (TPSA) is 44.8 Å². The first-order chi connectivity index (χ1) is 12.3. The first-order valence-electron chi connectivity index (χ1n) is 9.70. The monoisotopic (exact) mass is 345 g/mol. The van der Waals surface area contributed by atoms with E-state index in [2.05, 4.69) is 15.1 Å². The van der Waals surface area contributed by atoms with Crippen molar-refractivity contribution in [3.05, 3.63) is 30.3 Å². The molecule has 2 fully saturated rings. The molecule has 0 aliphatic carbocycles. The molecule has 0 radical (unpaired) electrons. The molecule has 0 aromatic heterocycles. The Morgan fingerprint density at radius 3 is 2.52 bits per heavy atom. The quantitative estimate of drug-likeness (QED) is 0.821. The van der Waals surface area contributed by atoms with Gasteiger partial charge in [-0.15, -0.1) is 0 Å². The molecule has 2 aliphatic rings. The summed E-state index contributed by atoms with van der Waals surface area (Å²) in [5.41, 5.74) is 0. The van der Waals surface area contributed by atoms with Gasteiger partial charge in [0.25, 0.3) is 0 Å². The van der Waals surface area contributed by atoms with E-state index in [9.17, 15) is 4.79 Å². The number of nitrogens with zero attached hydrogens (tertiary/aromatic N) is 2. The fourth-order valence-corrected chi connectivity index (χ4v) is 3.69. The van der Waals surface area contributed by atoms with Gasteiger partial charge < -0.3 is 15.0 Å². The highest BCUT2D eigenvalue weighted by Gasteiger charge is 2.22. The minimum Gasteiger partial charge on any atom is -0.492 e. The SMILES string of the molecule is O=C(CCC1CCNCC1)N1CCN(CCOc2ccccc2)CC1. The summed E-state index contributed by atoms with van der Waals surface area (Å²) in [7, 11) is 0. The zero-order valence-electron chi connectivity index (χ0n) is 15.2. The molecule has 0 saturated carbocycles. The van der Waals surface area contributed by atoms with Crippen LogP contribution >= 0.6 is 0 Å². The van der Waals surface area contributed by atoms with Crippen molar-refractivity contribution < 1.29 is 9.53 Å². The van der Waals surface area contributed by atoms with E-state index in [1.165, 1.54) is 12.8 Å². The highest BCUT2D eigenvalue weighted by Crippen LogP contribution is 2.18. The van der Waals surface area contributed by atoms with Crippen LogP contribution in [0.4, 0.5) is 0 Å². The third kappa shape index (κ3) is 6.01. The molecule has 2 heterocycles. The fraction of sp³-hybridized carbons (Fsp3) is 0.650. The number of piperidine rings is 1. The van der Waals surface area contributed by atoms with Crippen molar-refractivity contribution >= 4 is 5.91 Å². The lowest BCUT2D eigenvalue weighted by Crippen LogP contribution is -2.49. The van der Waals surface area contributed by atoms with E-state index in [0.717, 1.165) is 70.3 Å². The predicted octanol–water partition coefficient (Wildman–Crippen LogP) is 1.99. The maximum absolute atomic E-state index is 12.4. The Bertz CT molecular complexity index is 509. The molecule has 3 rings (SSSR count). The van der Waals surface area contributed by atoms with Crippen LogP contribution in [0.3, 0.4) is 0 Å². The van der Waals surface area contributed by atoms with Gasteiger partial charge in [-0.2, -0.15) is 0 Å². The number of carbonyl (C=O) groups excluding carboxylic acids is 1. The number of nitrogens with one attached hydrogen (secondary N) is 1. The van der Waals surface area contributed by atoms with Gasteiger partial charge in [-0.3, -0.25) is 9.69 Å². The standard InChI is InChI=1S/C20H31N3O2/c24-20(7-6-18-8-10-21-11-9-18)23-14-12-22(13-15-23)16-17-25-19-4-2-1-3-5-19/h1-5,18,21H,6-17H2. The Kier molecular flexibility index (Phi) is 7.12. The van der Waals surface area contributed by atoms with E-state index in [0.29, 0.717) is 12.5 Å². The van der Waals surface area contributed by atoms with Crippen molar-refractivity contribution in [1.82, 2.24) is 15.1 Å². The van der Waals surface area contributed by atoms with Crippen LogP contribution in [-0.2, 0) is 4.79 Å². The Balaban J connectivity index is 1.29. The number of rotatable bonds is 7. The van der Waals surface area contributed by atoms with Crippen molar-refractivity contribution in [3.8, 4) is 5.75 Å². The zero-order valence-corrected chi connectivity index (χ0v) is 15.2. The average molecular weight is 345 g/mol. The van der Waals surface area contributed by atoms with Gasteiger partial charge in [-0.25, -0.2) is 0 Å². The summed E-state index contributed by atoms with van der Waals surface area (Å²) in [6.45, 7) is 7.48. The number of benzene rings is 1. The van der Waals surface area contributed by atoms with E-state index >= 15 is 0 Å². The summed E-state index contributed by atoms with van der Waals surface area (Å²) < 4.78 is 5.76. The summed E-state index contributed by atoms with van der Waals surface area (Å²) in [5.74, 6) is 2.01. The van der Waals surface area contributed by atoms with Crippen LogP contribution in [0.5, 0.6) is 5.75 Å². The van der Waals surface area contributed by atoms with Gasteiger partial charge in [0, 0.05) is 39.1 Å². The highest BCUT2D eigenvalue weighted by molar-refractivity contribution is 5.76. The molecule has 0 bridgehead atoms. The van der Waals surface area contributed by atoms with Crippen LogP contribution in [0.2, 0.25) is 0 Å². The second-order valence-corrected chi connectivity index (χ2v) is 7.12. The Labute approximate surface area is 151 Å². The van der Waals surface area contributed by atoms with Gasteiger partial charge in [-0.1, -0.05) is 18.2 Å². The molecule has 1 aromatic carbocycles. The summed E-state index contributed by atoms with van der Waals surface area (Å²) in [5, 5.41) is 3.39. The van der Waals surface area contributed by atoms with Gasteiger partial charge in [-0.05, 0) is 50.4 Å². The molecule has 0 atom stereocenters. The van der Waals surface area contributed by atoms with Crippen molar-refractivity contribution in [2.24, 2.45) is 5.92 Å². The Hall–Kier alpha value is -1.59. The van der Waals surface area contributed by atoms with Crippen LogP contribution in [0.15, 0.2) is 30.3 Å². The van der Waals surface area contributed by atoms with Crippen LogP contribution in [-0.4, -0.2) is 68.1 Å². The molecule has 5 heteroatoms. The van der Waals surface area contributed by atoms with Gasteiger partial charge in [0.1, 0.15) is 12.4 Å². The van der Waals surface area contributed by atoms with E-state index in [1.807, 2.05) is 30.3 Å². The number of hydrogen-bond acceptors (Lipinski definition) is 4. The normalized spacial score (nSPS) is 19.8. The van der Waals surface area contributed by atoms with Crippen molar-refractivity contribution in [2.45, 2.75) is 25.7 Å². The van der Waals surface area contributed by atoms with Gasteiger partial charge in [0.2, 0.25) is 5.91 Å². The van der Waals surface area contributed by atoms with Crippen molar-refractivity contribution in [2.75, 3.05) is 52.4 Å². The molecule has 0 unspecified atom stereocenters. The second-order valence-electron chi connectivity index (χ2n) is 7.12. The van der Waals surface area contributed by atoms with Crippen LogP contribution in [0, 0.1) is 5.92 Å². The molecule has 138 valence electrons. The third-order valence-corrected chi connectivity index (χ3v) is 5.37. The van der Waals surface area contributed by atoms with E-state index < -0.39 is 0 Å². The van der Waals surface area contributed by atoms with Crippen LogP contribution in [0.1, 0.15) is 25.7 Å². The van der Waals surface area contributed by atoms with Crippen LogP contribution < -0.4 is 10.1 Å². The molecule has 0 spiro atoms. The molecule has 1 amide bonds. The maximum atomic E-state index is 12.4. The lowest BCUT2D eigenvalue weighted by atomic mass is 9.93. The number of carbonyl (C=O) groups is 1. The molecular weight excluding hydrogens is 314 g/mol. The van der Waals surface area contributed by atoms with Crippen LogP contribution in [0.25, 0.3) is 0 Å².